The van der Waals surface area contributed by atoms with Gasteiger partial charge in [-0.05, 0) is 36.8 Å². The molecule has 1 aliphatic rings. The third-order valence-corrected chi connectivity index (χ3v) is 4.17. The summed E-state index contributed by atoms with van der Waals surface area (Å²) in [4.78, 5) is 6.76. The molecule has 1 N–H and O–H groups in total. The summed E-state index contributed by atoms with van der Waals surface area (Å²) in [7, 11) is 1.86. The molecule has 1 fully saturated rings. The van der Waals surface area contributed by atoms with Gasteiger partial charge in [-0.25, -0.2) is 0 Å². The van der Waals surface area contributed by atoms with Crippen molar-refractivity contribution in [2.75, 3.05) is 26.7 Å². The van der Waals surface area contributed by atoms with Crippen LogP contribution in [0.2, 0.25) is 5.02 Å². The molecule has 5 heteroatoms. The summed E-state index contributed by atoms with van der Waals surface area (Å²) < 4.78 is 0. The van der Waals surface area contributed by atoms with Crippen LogP contribution in [-0.2, 0) is 6.42 Å². The Morgan fingerprint density at radius 3 is 2.86 bits per heavy atom. The topological polar surface area (TPSA) is 27.6 Å². The zero-order valence-electron chi connectivity index (χ0n) is 12.8. The predicted octanol–water partition coefficient (Wildman–Crippen LogP) is 3.81. The van der Waals surface area contributed by atoms with Crippen molar-refractivity contribution in [1.29, 1.82) is 0 Å². The zero-order valence-corrected chi connectivity index (χ0v) is 15.9. The first kappa shape index (κ1) is 18.6. The Hall–Kier alpha value is -0.490. The van der Waals surface area contributed by atoms with Gasteiger partial charge in [-0.1, -0.05) is 36.7 Å². The summed E-state index contributed by atoms with van der Waals surface area (Å²) >= 11 is 6.17. The number of aliphatic imine (C=N–C) groups is 1. The molecule has 118 valence electrons. The molecule has 1 saturated heterocycles. The van der Waals surface area contributed by atoms with Gasteiger partial charge in [-0.2, -0.15) is 0 Å². The molecule has 1 unspecified atom stereocenters. The third kappa shape index (κ3) is 5.66. The highest BCUT2D eigenvalue weighted by molar-refractivity contribution is 14.0. The van der Waals surface area contributed by atoms with E-state index in [0.717, 1.165) is 43.0 Å². The summed E-state index contributed by atoms with van der Waals surface area (Å²) in [5, 5.41) is 4.30. The predicted molar refractivity (Wildman–Crippen MR) is 102 cm³/mol. The molecule has 1 aliphatic heterocycles. The first-order valence-electron chi connectivity index (χ1n) is 7.39. The van der Waals surface area contributed by atoms with Crippen molar-refractivity contribution in [2.45, 2.75) is 26.2 Å². The minimum Gasteiger partial charge on any atom is -0.356 e. The SMILES string of the molecule is CN=C(NCCc1ccccc1Cl)N1CCCC(C)C1.I. The Morgan fingerprint density at radius 1 is 1.43 bits per heavy atom. The molecule has 1 aromatic carbocycles. The number of guanidine groups is 1. The highest BCUT2D eigenvalue weighted by Crippen LogP contribution is 2.16. The van der Waals surface area contributed by atoms with Gasteiger partial charge in [-0.3, -0.25) is 4.99 Å². The van der Waals surface area contributed by atoms with Crippen LogP contribution < -0.4 is 5.32 Å². The Bertz CT molecular complexity index is 465. The van der Waals surface area contributed by atoms with Crippen molar-refractivity contribution in [1.82, 2.24) is 10.2 Å². The van der Waals surface area contributed by atoms with E-state index in [2.05, 4.69) is 28.2 Å². The van der Waals surface area contributed by atoms with Crippen LogP contribution >= 0.6 is 35.6 Å². The molecule has 1 aromatic rings. The van der Waals surface area contributed by atoms with Crippen LogP contribution in [0.15, 0.2) is 29.3 Å². The van der Waals surface area contributed by atoms with Gasteiger partial charge in [0.1, 0.15) is 0 Å². The number of rotatable bonds is 3. The van der Waals surface area contributed by atoms with Crippen LogP contribution in [0, 0.1) is 5.92 Å². The highest BCUT2D eigenvalue weighted by atomic mass is 127. The maximum absolute atomic E-state index is 6.17. The number of hydrogen-bond donors (Lipinski definition) is 1. The maximum Gasteiger partial charge on any atom is 0.193 e. The molecule has 0 aromatic heterocycles. The fourth-order valence-electron chi connectivity index (χ4n) is 2.72. The smallest absolute Gasteiger partial charge is 0.193 e. The molecule has 3 nitrogen and oxygen atoms in total. The maximum atomic E-state index is 6.17. The van der Waals surface area contributed by atoms with E-state index in [1.54, 1.807) is 0 Å². The van der Waals surface area contributed by atoms with Crippen molar-refractivity contribution in [3.8, 4) is 0 Å². The zero-order chi connectivity index (χ0) is 14.4. The lowest BCUT2D eigenvalue weighted by molar-refractivity contribution is 0.266. The lowest BCUT2D eigenvalue weighted by Crippen LogP contribution is -2.46. The van der Waals surface area contributed by atoms with Crippen LogP contribution in [0.4, 0.5) is 0 Å². The molecule has 21 heavy (non-hydrogen) atoms. The molecule has 2 rings (SSSR count). The number of nitrogens with zero attached hydrogens (tertiary/aromatic N) is 2. The molecule has 0 radical (unpaired) electrons. The Morgan fingerprint density at radius 2 is 2.19 bits per heavy atom. The minimum atomic E-state index is 0. The van der Waals surface area contributed by atoms with Crippen LogP contribution in [0.3, 0.4) is 0 Å². The second-order valence-electron chi connectivity index (χ2n) is 5.51. The average Bonchev–Trinajstić information content (AvgIpc) is 2.45. The van der Waals surface area contributed by atoms with Crippen LogP contribution in [0.25, 0.3) is 0 Å². The van der Waals surface area contributed by atoms with Crippen molar-refractivity contribution < 1.29 is 0 Å². The standard InChI is InChI=1S/C16H24ClN3.HI/c1-13-6-5-11-20(12-13)16(18-2)19-10-9-14-7-3-4-8-15(14)17;/h3-4,7-8,13H,5-6,9-12H2,1-2H3,(H,18,19);1H. The number of benzene rings is 1. The molecule has 0 aliphatic carbocycles. The van der Waals surface area contributed by atoms with E-state index >= 15 is 0 Å². The fourth-order valence-corrected chi connectivity index (χ4v) is 2.95. The molecule has 0 spiro atoms. The molecule has 0 amide bonds. The van der Waals surface area contributed by atoms with Gasteiger partial charge in [0.2, 0.25) is 0 Å². The molecule has 1 atom stereocenters. The molecule has 0 bridgehead atoms. The molecule has 0 saturated carbocycles. The summed E-state index contributed by atoms with van der Waals surface area (Å²) in [6.45, 7) is 5.38. The summed E-state index contributed by atoms with van der Waals surface area (Å²) in [6.07, 6.45) is 3.50. The molecular formula is C16H25ClIN3. The third-order valence-electron chi connectivity index (χ3n) is 3.80. The average molecular weight is 422 g/mol. The van der Waals surface area contributed by atoms with E-state index in [1.807, 2.05) is 25.2 Å². The van der Waals surface area contributed by atoms with Gasteiger partial charge in [-0.15, -0.1) is 24.0 Å². The first-order valence-corrected chi connectivity index (χ1v) is 7.77. The van der Waals surface area contributed by atoms with E-state index in [9.17, 15) is 0 Å². The monoisotopic (exact) mass is 421 g/mol. The summed E-state index contributed by atoms with van der Waals surface area (Å²) in [5.74, 6) is 1.77. The lowest BCUT2D eigenvalue weighted by atomic mass is 10.0. The van der Waals surface area contributed by atoms with Crippen LogP contribution in [0.5, 0.6) is 0 Å². The second kappa shape index (κ2) is 9.51. The van der Waals surface area contributed by atoms with Gasteiger partial charge in [0.05, 0.1) is 0 Å². The van der Waals surface area contributed by atoms with Crippen molar-refractivity contribution in [2.24, 2.45) is 10.9 Å². The van der Waals surface area contributed by atoms with E-state index in [4.69, 9.17) is 11.6 Å². The van der Waals surface area contributed by atoms with E-state index in [1.165, 1.54) is 18.4 Å². The minimum absolute atomic E-state index is 0. The lowest BCUT2D eigenvalue weighted by Gasteiger charge is -2.33. The van der Waals surface area contributed by atoms with Crippen molar-refractivity contribution >= 4 is 41.5 Å². The number of hydrogen-bond acceptors (Lipinski definition) is 1. The largest absolute Gasteiger partial charge is 0.356 e. The summed E-state index contributed by atoms with van der Waals surface area (Å²) in [5.41, 5.74) is 1.18. The van der Waals surface area contributed by atoms with Crippen LogP contribution in [-0.4, -0.2) is 37.5 Å². The highest BCUT2D eigenvalue weighted by Gasteiger charge is 2.18. The first-order chi connectivity index (χ1) is 9.70. The number of halogens is 2. The number of likely N-dealkylation sites (tertiary alicyclic amines) is 1. The van der Waals surface area contributed by atoms with Gasteiger partial charge in [0.15, 0.2) is 5.96 Å². The number of nitrogens with one attached hydrogen (secondary N) is 1. The van der Waals surface area contributed by atoms with E-state index in [-0.39, 0.29) is 24.0 Å². The van der Waals surface area contributed by atoms with Gasteiger partial charge < -0.3 is 10.2 Å². The van der Waals surface area contributed by atoms with Crippen molar-refractivity contribution in [3.63, 3.8) is 0 Å². The van der Waals surface area contributed by atoms with Gasteiger partial charge >= 0.3 is 0 Å². The van der Waals surface area contributed by atoms with E-state index in [0.29, 0.717) is 0 Å². The molecular weight excluding hydrogens is 397 g/mol. The van der Waals surface area contributed by atoms with E-state index < -0.39 is 0 Å². The Balaban J connectivity index is 0.00000220. The normalized spacial score (nSPS) is 19.1. The van der Waals surface area contributed by atoms with Crippen molar-refractivity contribution in [3.05, 3.63) is 34.9 Å². The Kier molecular flexibility index (Phi) is 8.41. The number of piperidine rings is 1. The fraction of sp³-hybridized carbons (Fsp3) is 0.562. The molecule has 1 heterocycles. The van der Waals surface area contributed by atoms with Crippen LogP contribution in [0.1, 0.15) is 25.3 Å². The second-order valence-corrected chi connectivity index (χ2v) is 5.92. The summed E-state index contributed by atoms with van der Waals surface area (Å²) in [6, 6.07) is 8.02. The Labute approximate surface area is 150 Å². The quantitative estimate of drug-likeness (QED) is 0.457. The van der Waals surface area contributed by atoms with Gasteiger partial charge in [0, 0.05) is 31.7 Å². The van der Waals surface area contributed by atoms with Gasteiger partial charge in [0.25, 0.3) is 0 Å².